The average Bonchev–Trinajstić information content (AvgIpc) is 2.58. The van der Waals surface area contributed by atoms with Crippen molar-refractivity contribution in [1.82, 2.24) is 0 Å². The minimum absolute atomic E-state index is 0.311. The van der Waals surface area contributed by atoms with Crippen LogP contribution in [-0.2, 0) is 0 Å². The molecule has 0 aromatic rings. The van der Waals surface area contributed by atoms with E-state index >= 15 is 0 Å². The van der Waals surface area contributed by atoms with Crippen LogP contribution in [0.5, 0.6) is 0 Å². The molecule has 0 heteroatoms. The highest BCUT2D eigenvalue weighted by Gasteiger charge is 2.38. The summed E-state index contributed by atoms with van der Waals surface area (Å²) in [5, 5.41) is 0. The second-order valence-electron chi connectivity index (χ2n) is 4.37. The van der Waals surface area contributed by atoms with Crippen molar-refractivity contribution in [3.05, 3.63) is 0 Å². The Hall–Kier alpha value is 0. The van der Waals surface area contributed by atoms with Crippen LogP contribution in [0, 0.1) is 17.8 Å². The lowest BCUT2D eigenvalue weighted by molar-refractivity contribution is 0.307. The van der Waals surface area contributed by atoms with Gasteiger partial charge in [-0.1, -0.05) is 32.6 Å². The summed E-state index contributed by atoms with van der Waals surface area (Å²) in [6, 6.07) is 0. The molecule has 0 N–H and O–H groups in total. The van der Waals surface area contributed by atoms with Gasteiger partial charge in [-0.2, -0.15) is 0 Å². The van der Waals surface area contributed by atoms with Gasteiger partial charge in [0.2, 0.25) is 0 Å². The predicted molar refractivity (Wildman–Crippen MR) is 48.5 cm³/mol. The fraction of sp³-hybridized carbons (Fsp3) is 1.00. The van der Waals surface area contributed by atoms with Crippen molar-refractivity contribution in [2.75, 3.05) is 0 Å². The van der Waals surface area contributed by atoms with Crippen LogP contribution in [0.25, 0.3) is 0 Å². The van der Waals surface area contributed by atoms with Gasteiger partial charge in [0, 0.05) is 1.37 Å². The first-order chi connectivity index (χ1) is 5.81. The maximum absolute atomic E-state index is 7.89. The fourth-order valence-electron chi connectivity index (χ4n) is 2.92. The summed E-state index contributed by atoms with van der Waals surface area (Å²) in [6.45, 7) is 2.27. The van der Waals surface area contributed by atoms with Crippen molar-refractivity contribution < 1.29 is 1.37 Å². The van der Waals surface area contributed by atoms with Crippen LogP contribution in [0.3, 0.4) is 0 Å². The van der Waals surface area contributed by atoms with Crippen molar-refractivity contribution in [3.8, 4) is 0 Å². The van der Waals surface area contributed by atoms with Crippen LogP contribution in [-0.4, -0.2) is 0 Å². The van der Waals surface area contributed by atoms with E-state index in [-0.39, 0.29) is 0 Å². The summed E-state index contributed by atoms with van der Waals surface area (Å²) in [5.41, 5.74) is 0. The van der Waals surface area contributed by atoms with E-state index in [1.807, 2.05) is 0 Å². The van der Waals surface area contributed by atoms with Gasteiger partial charge in [0.05, 0.1) is 0 Å². The SMILES string of the molecule is [2H]C1C[C@@H]2C[C@H](CCCC)[C@H]1C2. The van der Waals surface area contributed by atoms with E-state index in [0.717, 1.165) is 17.8 Å². The molecule has 11 heavy (non-hydrogen) atoms. The van der Waals surface area contributed by atoms with E-state index in [0.29, 0.717) is 6.40 Å². The zero-order valence-electron chi connectivity index (χ0n) is 8.55. The third-order valence-electron chi connectivity index (χ3n) is 3.55. The molecule has 2 fully saturated rings. The molecule has 1 unspecified atom stereocenters. The minimum Gasteiger partial charge on any atom is -0.0654 e. The normalized spacial score (nSPS) is 49.7. The highest BCUT2D eigenvalue weighted by molar-refractivity contribution is 4.89. The summed E-state index contributed by atoms with van der Waals surface area (Å²) >= 11 is 0. The van der Waals surface area contributed by atoms with Gasteiger partial charge < -0.3 is 0 Å². The van der Waals surface area contributed by atoms with Crippen LogP contribution in [0.1, 0.15) is 53.2 Å². The van der Waals surface area contributed by atoms with Gasteiger partial charge in [0.25, 0.3) is 0 Å². The molecule has 2 aliphatic rings. The number of unbranched alkanes of at least 4 members (excludes halogenated alkanes) is 1. The lowest BCUT2D eigenvalue weighted by atomic mass is 9.85. The molecule has 0 heterocycles. The summed E-state index contributed by atoms with van der Waals surface area (Å²) in [7, 11) is 0. The van der Waals surface area contributed by atoms with Crippen molar-refractivity contribution in [2.45, 2.75) is 51.8 Å². The maximum Gasteiger partial charge on any atom is 0.0270 e. The molecule has 0 spiro atoms. The third kappa shape index (κ3) is 1.45. The molecule has 2 saturated carbocycles. The third-order valence-corrected chi connectivity index (χ3v) is 3.55. The molecule has 2 bridgehead atoms. The molecule has 64 valence electrons. The molecular formula is C11H20. The van der Waals surface area contributed by atoms with Gasteiger partial charge in [0.15, 0.2) is 0 Å². The second-order valence-corrected chi connectivity index (χ2v) is 4.37. The molecule has 0 aromatic carbocycles. The topological polar surface area (TPSA) is 0 Å². The zero-order chi connectivity index (χ0) is 8.55. The Kier molecular flexibility index (Phi) is 1.87. The quantitative estimate of drug-likeness (QED) is 0.581. The summed E-state index contributed by atoms with van der Waals surface area (Å²) in [4.78, 5) is 0. The molecule has 0 aliphatic heterocycles. The fourth-order valence-corrected chi connectivity index (χ4v) is 2.92. The highest BCUT2D eigenvalue weighted by atomic mass is 14.4. The van der Waals surface area contributed by atoms with Gasteiger partial charge in [-0.15, -0.1) is 0 Å². The summed E-state index contributed by atoms with van der Waals surface area (Å²) < 4.78 is 7.89. The van der Waals surface area contributed by atoms with E-state index in [1.165, 1.54) is 38.5 Å². The molecular weight excluding hydrogens is 132 g/mol. The number of rotatable bonds is 3. The number of hydrogen-bond acceptors (Lipinski definition) is 0. The Labute approximate surface area is 71.8 Å². The monoisotopic (exact) mass is 153 g/mol. The lowest BCUT2D eigenvalue weighted by Crippen LogP contribution is -2.09. The van der Waals surface area contributed by atoms with Crippen molar-refractivity contribution in [3.63, 3.8) is 0 Å². The van der Waals surface area contributed by atoms with E-state index < -0.39 is 0 Å². The van der Waals surface area contributed by atoms with E-state index in [4.69, 9.17) is 1.37 Å². The molecule has 0 amide bonds. The molecule has 2 aliphatic carbocycles. The van der Waals surface area contributed by atoms with Gasteiger partial charge in [-0.3, -0.25) is 0 Å². The van der Waals surface area contributed by atoms with Gasteiger partial charge in [-0.05, 0) is 37.0 Å². The van der Waals surface area contributed by atoms with Gasteiger partial charge >= 0.3 is 0 Å². The smallest absolute Gasteiger partial charge is 0.0270 e. The first kappa shape index (κ1) is 6.51. The largest absolute Gasteiger partial charge is 0.0654 e. The standard InChI is InChI=1S/C11H20/c1-2-3-4-10-7-9-5-6-11(10)8-9/h9-11H,2-8H2,1H3/t9-,10+,11-/m1/s1/i6D/t6?,9-,10+,11-. The first-order valence-electron chi connectivity index (χ1n) is 5.81. The maximum atomic E-state index is 7.89. The second kappa shape index (κ2) is 3.16. The Morgan fingerprint density at radius 2 is 2.36 bits per heavy atom. The molecule has 0 nitrogen and oxygen atoms in total. The van der Waals surface area contributed by atoms with Crippen LogP contribution in [0.2, 0.25) is 0 Å². The predicted octanol–water partition coefficient (Wildman–Crippen LogP) is 3.61. The van der Waals surface area contributed by atoms with Crippen LogP contribution in [0.15, 0.2) is 0 Å². The van der Waals surface area contributed by atoms with Crippen molar-refractivity contribution in [1.29, 1.82) is 0 Å². The number of fused-ring (bicyclic) bond motifs is 2. The van der Waals surface area contributed by atoms with E-state index in [1.54, 1.807) is 0 Å². The minimum atomic E-state index is 0.311. The van der Waals surface area contributed by atoms with Crippen LogP contribution >= 0.6 is 0 Å². The molecule has 0 radical (unpaired) electrons. The van der Waals surface area contributed by atoms with Crippen LogP contribution < -0.4 is 0 Å². The average molecular weight is 153 g/mol. The molecule has 4 atom stereocenters. The Balaban J connectivity index is 1.85. The molecule has 2 rings (SSSR count). The Bertz CT molecular complexity index is 155. The molecule has 0 aromatic heterocycles. The lowest BCUT2D eigenvalue weighted by Gasteiger charge is -2.20. The highest BCUT2D eigenvalue weighted by Crippen LogP contribution is 2.49. The van der Waals surface area contributed by atoms with Crippen molar-refractivity contribution in [2.24, 2.45) is 17.8 Å². The first-order valence-corrected chi connectivity index (χ1v) is 5.23. The van der Waals surface area contributed by atoms with Crippen molar-refractivity contribution >= 4 is 0 Å². The Morgan fingerprint density at radius 3 is 3.00 bits per heavy atom. The van der Waals surface area contributed by atoms with E-state index in [2.05, 4.69) is 6.92 Å². The van der Waals surface area contributed by atoms with E-state index in [9.17, 15) is 0 Å². The number of hydrogen-bond donors (Lipinski definition) is 0. The van der Waals surface area contributed by atoms with Gasteiger partial charge in [-0.25, -0.2) is 0 Å². The van der Waals surface area contributed by atoms with Crippen LogP contribution in [0.4, 0.5) is 0 Å². The van der Waals surface area contributed by atoms with Gasteiger partial charge in [0.1, 0.15) is 0 Å². The molecule has 0 saturated heterocycles. The Morgan fingerprint density at radius 1 is 1.45 bits per heavy atom. The summed E-state index contributed by atoms with van der Waals surface area (Å²) in [5.74, 6) is 2.67. The zero-order valence-corrected chi connectivity index (χ0v) is 7.55. The summed E-state index contributed by atoms with van der Waals surface area (Å²) in [6.07, 6.45) is 8.51.